The minimum Gasteiger partial charge on any atom is -0.413 e. The lowest BCUT2D eigenvalue weighted by Gasteiger charge is -2.42. The van der Waals surface area contributed by atoms with Crippen molar-refractivity contribution in [3.63, 3.8) is 0 Å². The first kappa shape index (κ1) is 17.9. The van der Waals surface area contributed by atoms with Crippen LogP contribution in [0.1, 0.15) is 41.5 Å². The molecule has 0 aromatic heterocycles. The standard InChI is InChI=1S/C15H32O2Si/c1-12(2)14(13(3)10-9-11-16)17-18(7,8)15(4,5)6/h9-10,12-14,16H,11H2,1-8H3/b10-9+/t13-,14-/m1/s1. The van der Waals surface area contributed by atoms with Crippen molar-refractivity contribution in [2.24, 2.45) is 11.8 Å². The number of hydrogen-bond acceptors (Lipinski definition) is 2. The maximum absolute atomic E-state index is 8.88. The highest BCUT2D eigenvalue weighted by atomic mass is 28.4. The second-order valence-electron chi connectivity index (χ2n) is 7.06. The van der Waals surface area contributed by atoms with E-state index >= 15 is 0 Å². The fraction of sp³-hybridized carbons (Fsp3) is 0.867. The number of aliphatic hydroxyl groups is 1. The molecule has 0 saturated carbocycles. The first-order chi connectivity index (χ1) is 8.03. The molecule has 0 aliphatic carbocycles. The highest BCUT2D eigenvalue weighted by Crippen LogP contribution is 2.39. The number of rotatable bonds is 6. The summed E-state index contributed by atoms with van der Waals surface area (Å²) in [5.41, 5.74) is 0. The summed E-state index contributed by atoms with van der Waals surface area (Å²) >= 11 is 0. The molecule has 0 radical (unpaired) electrons. The second kappa shape index (κ2) is 6.87. The highest BCUT2D eigenvalue weighted by molar-refractivity contribution is 6.74. The van der Waals surface area contributed by atoms with Crippen molar-refractivity contribution in [3.8, 4) is 0 Å². The van der Waals surface area contributed by atoms with Gasteiger partial charge in [0.25, 0.3) is 0 Å². The van der Waals surface area contributed by atoms with Gasteiger partial charge in [-0.25, -0.2) is 0 Å². The number of hydrogen-bond donors (Lipinski definition) is 1. The van der Waals surface area contributed by atoms with Crippen LogP contribution in [0.25, 0.3) is 0 Å². The van der Waals surface area contributed by atoms with Gasteiger partial charge in [0.15, 0.2) is 8.32 Å². The molecule has 0 saturated heterocycles. The molecule has 0 bridgehead atoms. The fourth-order valence-electron chi connectivity index (χ4n) is 1.75. The van der Waals surface area contributed by atoms with Crippen LogP contribution in [0.2, 0.25) is 18.1 Å². The minimum absolute atomic E-state index is 0.106. The smallest absolute Gasteiger partial charge is 0.192 e. The van der Waals surface area contributed by atoms with Crippen LogP contribution >= 0.6 is 0 Å². The molecular weight excluding hydrogens is 240 g/mol. The molecule has 108 valence electrons. The average molecular weight is 273 g/mol. The molecule has 0 aromatic rings. The molecule has 0 aliphatic heterocycles. The molecule has 1 N–H and O–H groups in total. The van der Waals surface area contributed by atoms with E-state index in [1.807, 2.05) is 6.08 Å². The summed E-state index contributed by atoms with van der Waals surface area (Å²) in [5, 5.41) is 9.12. The zero-order chi connectivity index (χ0) is 14.6. The Hall–Kier alpha value is -0.123. The molecule has 0 spiro atoms. The van der Waals surface area contributed by atoms with E-state index in [-0.39, 0.29) is 17.7 Å². The maximum atomic E-state index is 8.88. The first-order valence-electron chi connectivity index (χ1n) is 6.98. The molecule has 0 unspecified atom stereocenters. The largest absolute Gasteiger partial charge is 0.413 e. The van der Waals surface area contributed by atoms with E-state index in [1.165, 1.54) is 0 Å². The monoisotopic (exact) mass is 272 g/mol. The van der Waals surface area contributed by atoms with Crippen LogP contribution in [-0.4, -0.2) is 26.1 Å². The van der Waals surface area contributed by atoms with E-state index in [2.05, 4.69) is 60.7 Å². The predicted molar refractivity (Wildman–Crippen MR) is 82.3 cm³/mol. The summed E-state index contributed by atoms with van der Waals surface area (Å²) in [6.07, 6.45) is 4.11. The second-order valence-corrected chi connectivity index (χ2v) is 11.8. The van der Waals surface area contributed by atoms with Gasteiger partial charge in [-0.2, -0.15) is 0 Å². The quantitative estimate of drug-likeness (QED) is 0.579. The van der Waals surface area contributed by atoms with Crippen LogP contribution in [-0.2, 0) is 4.43 Å². The SMILES string of the molecule is CC(C)[C@@H](O[Si](C)(C)C(C)(C)C)[C@H](C)/C=C/CO. The third-order valence-electron chi connectivity index (χ3n) is 3.96. The maximum Gasteiger partial charge on any atom is 0.192 e. The van der Waals surface area contributed by atoms with E-state index in [1.54, 1.807) is 0 Å². The van der Waals surface area contributed by atoms with Crippen molar-refractivity contribution in [1.29, 1.82) is 0 Å². The molecule has 0 aromatic carbocycles. The van der Waals surface area contributed by atoms with Gasteiger partial charge in [0.05, 0.1) is 12.7 Å². The van der Waals surface area contributed by atoms with Gasteiger partial charge < -0.3 is 9.53 Å². The fourth-order valence-corrected chi connectivity index (χ4v) is 3.27. The van der Waals surface area contributed by atoms with Crippen LogP contribution in [0.3, 0.4) is 0 Å². The molecule has 0 rings (SSSR count). The summed E-state index contributed by atoms with van der Waals surface area (Å²) in [6.45, 7) is 18.1. The Labute approximate surface area is 115 Å². The lowest BCUT2D eigenvalue weighted by molar-refractivity contribution is 0.100. The van der Waals surface area contributed by atoms with E-state index in [0.29, 0.717) is 11.8 Å². The van der Waals surface area contributed by atoms with Gasteiger partial charge in [-0.05, 0) is 30.0 Å². The van der Waals surface area contributed by atoms with E-state index < -0.39 is 8.32 Å². The third-order valence-corrected chi connectivity index (χ3v) is 8.43. The molecule has 0 aliphatic rings. The van der Waals surface area contributed by atoms with Crippen LogP contribution in [0.15, 0.2) is 12.2 Å². The van der Waals surface area contributed by atoms with Gasteiger partial charge in [-0.3, -0.25) is 0 Å². The summed E-state index contributed by atoms with van der Waals surface area (Å²) in [5.74, 6) is 0.823. The molecular formula is C15H32O2Si. The molecule has 2 atom stereocenters. The Kier molecular flexibility index (Phi) is 6.83. The van der Waals surface area contributed by atoms with Gasteiger partial charge >= 0.3 is 0 Å². The third kappa shape index (κ3) is 5.25. The van der Waals surface area contributed by atoms with Crippen LogP contribution < -0.4 is 0 Å². The van der Waals surface area contributed by atoms with Gasteiger partial charge in [-0.15, -0.1) is 0 Å². The molecule has 0 fully saturated rings. The Bertz CT molecular complexity index is 264. The average Bonchev–Trinajstić information content (AvgIpc) is 2.20. The summed E-state index contributed by atoms with van der Waals surface area (Å²) < 4.78 is 6.53. The van der Waals surface area contributed by atoms with Gasteiger partial charge in [0.1, 0.15) is 0 Å². The van der Waals surface area contributed by atoms with Crippen LogP contribution in [0.5, 0.6) is 0 Å². The zero-order valence-corrected chi connectivity index (χ0v) is 14.4. The zero-order valence-electron chi connectivity index (χ0n) is 13.4. The lowest BCUT2D eigenvalue weighted by Crippen LogP contribution is -2.46. The normalized spacial score (nSPS) is 17.4. The summed E-state index contributed by atoms with van der Waals surface area (Å²) in [4.78, 5) is 0. The Morgan fingerprint density at radius 1 is 1.17 bits per heavy atom. The predicted octanol–water partition coefficient (Wildman–Crippen LogP) is 4.22. The number of aliphatic hydroxyl groups excluding tert-OH is 1. The van der Waals surface area contributed by atoms with Gasteiger partial charge in [-0.1, -0.05) is 53.7 Å². The molecule has 3 heteroatoms. The Balaban J connectivity index is 4.89. The molecule has 0 amide bonds. The van der Waals surface area contributed by atoms with Crippen molar-refractivity contribution in [3.05, 3.63) is 12.2 Å². The topological polar surface area (TPSA) is 29.5 Å². The van der Waals surface area contributed by atoms with E-state index in [0.717, 1.165) is 0 Å². The van der Waals surface area contributed by atoms with E-state index in [4.69, 9.17) is 9.53 Å². The van der Waals surface area contributed by atoms with Gasteiger partial charge in [0.2, 0.25) is 0 Å². The molecule has 2 nitrogen and oxygen atoms in total. The summed E-state index contributed by atoms with van der Waals surface area (Å²) in [6, 6.07) is 0. The van der Waals surface area contributed by atoms with Crippen LogP contribution in [0.4, 0.5) is 0 Å². The minimum atomic E-state index is -1.73. The molecule has 0 heterocycles. The Morgan fingerprint density at radius 2 is 1.67 bits per heavy atom. The van der Waals surface area contributed by atoms with Crippen molar-refractivity contribution in [1.82, 2.24) is 0 Å². The Morgan fingerprint density at radius 3 is 2.00 bits per heavy atom. The highest BCUT2D eigenvalue weighted by Gasteiger charge is 2.40. The van der Waals surface area contributed by atoms with Crippen molar-refractivity contribution in [2.45, 2.75) is 65.8 Å². The van der Waals surface area contributed by atoms with Crippen molar-refractivity contribution < 1.29 is 9.53 Å². The summed E-state index contributed by atoms with van der Waals surface area (Å²) in [7, 11) is -1.73. The van der Waals surface area contributed by atoms with Crippen molar-refractivity contribution in [2.75, 3.05) is 6.61 Å². The lowest BCUT2D eigenvalue weighted by atomic mass is 9.95. The molecule has 18 heavy (non-hydrogen) atoms. The van der Waals surface area contributed by atoms with Gasteiger partial charge in [0, 0.05) is 0 Å². The van der Waals surface area contributed by atoms with Crippen molar-refractivity contribution >= 4 is 8.32 Å². The van der Waals surface area contributed by atoms with E-state index in [9.17, 15) is 0 Å². The van der Waals surface area contributed by atoms with Crippen LogP contribution in [0, 0.1) is 11.8 Å². The first-order valence-corrected chi connectivity index (χ1v) is 9.89.